The van der Waals surface area contributed by atoms with Crippen LogP contribution in [-0.2, 0) is 0 Å². The van der Waals surface area contributed by atoms with Crippen LogP contribution in [0.1, 0.15) is 23.2 Å². The third-order valence-electron chi connectivity index (χ3n) is 2.52. The Balaban J connectivity index is 2.10. The molecule has 80 valence electrons. The lowest BCUT2D eigenvalue weighted by Gasteiger charge is -2.07. The largest absolute Gasteiger partial charge is 0.385 e. The number of nitrogens with two attached hydrogens (primary N) is 1. The standard InChI is InChI=1S/C11H13ClN2O/c12-10-4-3-8(5-9(10)11(13)15)14-6-7-1-2-7/h3-5,7,14H,1-2,6H2,(H2,13,15). The first kappa shape index (κ1) is 10.3. The Labute approximate surface area is 93.6 Å². The molecule has 1 amide bonds. The SMILES string of the molecule is NC(=O)c1cc(NCC2CC2)ccc1Cl. The first-order valence-electron chi connectivity index (χ1n) is 5.00. The Morgan fingerprint density at radius 1 is 1.53 bits per heavy atom. The van der Waals surface area contributed by atoms with Gasteiger partial charge in [0.05, 0.1) is 10.6 Å². The molecule has 0 aliphatic heterocycles. The van der Waals surface area contributed by atoms with Crippen molar-refractivity contribution in [2.45, 2.75) is 12.8 Å². The van der Waals surface area contributed by atoms with Gasteiger partial charge in [0, 0.05) is 12.2 Å². The molecule has 1 fully saturated rings. The van der Waals surface area contributed by atoms with Crippen molar-refractivity contribution in [1.82, 2.24) is 0 Å². The van der Waals surface area contributed by atoms with Gasteiger partial charge in [0.15, 0.2) is 0 Å². The summed E-state index contributed by atoms with van der Waals surface area (Å²) in [4.78, 5) is 11.0. The highest BCUT2D eigenvalue weighted by molar-refractivity contribution is 6.33. The van der Waals surface area contributed by atoms with E-state index in [9.17, 15) is 4.79 Å². The van der Waals surface area contributed by atoms with Gasteiger partial charge in [-0.15, -0.1) is 0 Å². The van der Waals surface area contributed by atoms with Gasteiger partial charge in [-0.25, -0.2) is 0 Å². The molecule has 0 heterocycles. The molecule has 3 N–H and O–H groups in total. The van der Waals surface area contributed by atoms with E-state index in [-0.39, 0.29) is 0 Å². The number of anilines is 1. The molecule has 0 spiro atoms. The number of carbonyl (C=O) groups excluding carboxylic acids is 1. The first-order chi connectivity index (χ1) is 7.16. The maximum absolute atomic E-state index is 11.0. The smallest absolute Gasteiger partial charge is 0.250 e. The minimum absolute atomic E-state index is 0.373. The monoisotopic (exact) mass is 224 g/mol. The van der Waals surface area contributed by atoms with Crippen LogP contribution in [0.2, 0.25) is 5.02 Å². The average molecular weight is 225 g/mol. The molecule has 1 aliphatic carbocycles. The number of rotatable bonds is 4. The number of primary amides is 1. The van der Waals surface area contributed by atoms with Gasteiger partial charge in [-0.05, 0) is 37.0 Å². The maximum atomic E-state index is 11.0. The number of nitrogens with one attached hydrogen (secondary N) is 1. The van der Waals surface area contributed by atoms with Crippen LogP contribution >= 0.6 is 11.6 Å². The second kappa shape index (κ2) is 4.11. The van der Waals surface area contributed by atoms with Crippen molar-refractivity contribution in [3.05, 3.63) is 28.8 Å². The topological polar surface area (TPSA) is 55.1 Å². The predicted molar refractivity (Wildman–Crippen MR) is 61.2 cm³/mol. The van der Waals surface area contributed by atoms with Gasteiger partial charge in [0.25, 0.3) is 0 Å². The van der Waals surface area contributed by atoms with Crippen molar-refractivity contribution < 1.29 is 4.79 Å². The van der Waals surface area contributed by atoms with Gasteiger partial charge in [-0.2, -0.15) is 0 Å². The molecule has 1 aromatic carbocycles. The lowest BCUT2D eigenvalue weighted by molar-refractivity contribution is 0.100. The molecule has 2 rings (SSSR count). The Morgan fingerprint density at radius 3 is 2.87 bits per heavy atom. The van der Waals surface area contributed by atoms with Crippen LogP contribution in [0, 0.1) is 5.92 Å². The molecule has 15 heavy (non-hydrogen) atoms. The summed E-state index contributed by atoms with van der Waals surface area (Å²) in [6.45, 7) is 0.958. The zero-order valence-corrected chi connectivity index (χ0v) is 9.05. The highest BCUT2D eigenvalue weighted by Gasteiger charge is 2.20. The number of benzene rings is 1. The number of carbonyl (C=O) groups is 1. The summed E-state index contributed by atoms with van der Waals surface area (Å²) in [6.07, 6.45) is 2.59. The molecule has 1 aromatic rings. The summed E-state index contributed by atoms with van der Waals surface area (Å²) in [6, 6.07) is 5.25. The van der Waals surface area contributed by atoms with Crippen LogP contribution in [0.5, 0.6) is 0 Å². The van der Waals surface area contributed by atoms with E-state index in [4.69, 9.17) is 17.3 Å². The zero-order chi connectivity index (χ0) is 10.8. The Kier molecular flexibility index (Phi) is 2.82. The van der Waals surface area contributed by atoms with Gasteiger partial charge in [-0.1, -0.05) is 11.6 Å². The van der Waals surface area contributed by atoms with Crippen LogP contribution in [0.3, 0.4) is 0 Å². The molecular weight excluding hydrogens is 212 g/mol. The summed E-state index contributed by atoms with van der Waals surface area (Å²) in [7, 11) is 0. The van der Waals surface area contributed by atoms with E-state index < -0.39 is 5.91 Å². The van der Waals surface area contributed by atoms with Crippen LogP contribution in [0.25, 0.3) is 0 Å². The molecule has 1 aliphatic rings. The predicted octanol–water partition coefficient (Wildman–Crippen LogP) is 2.26. The average Bonchev–Trinajstić information content (AvgIpc) is 3.00. The summed E-state index contributed by atoms with van der Waals surface area (Å²) in [5.74, 6) is 0.299. The Morgan fingerprint density at radius 2 is 2.27 bits per heavy atom. The van der Waals surface area contributed by atoms with Crippen LogP contribution < -0.4 is 11.1 Å². The Hall–Kier alpha value is -1.22. The molecule has 0 unspecified atom stereocenters. The fourth-order valence-electron chi connectivity index (χ4n) is 1.41. The minimum Gasteiger partial charge on any atom is -0.385 e. The third-order valence-corrected chi connectivity index (χ3v) is 2.85. The van der Waals surface area contributed by atoms with E-state index >= 15 is 0 Å². The summed E-state index contributed by atoms with van der Waals surface area (Å²) < 4.78 is 0. The van der Waals surface area contributed by atoms with Crippen molar-refractivity contribution in [1.29, 1.82) is 0 Å². The van der Waals surface area contributed by atoms with Crippen molar-refractivity contribution in [3.8, 4) is 0 Å². The number of hydrogen-bond donors (Lipinski definition) is 2. The molecule has 0 aromatic heterocycles. The summed E-state index contributed by atoms with van der Waals surface area (Å²) in [5.41, 5.74) is 6.48. The molecular formula is C11H13ClN2O. The van der Waals surface area contributed by atoms with Crippen molar-refractivity contribution >= 4 is 23.2 Å². The van der Waals surface area contributed by atoms with E-state index in [1.807, 2.05) is 6.07 Å². The molecule has 0 saturated heterocycles. The lowest BCUT2D eigenvalue weighted by atomic mass is 10.2. The van der Waals surface area contributed by atoms with Gasteiger partial charge < -0.3 is 11.1 Å². The lowest BCUT2D eigenvalue weighted by Crippen LogP contribution is -2.12. The first-order valence-corrected chi connectivity index (χ1v) is 5.38. The molecule has 0 bridgehead atoms. The van der Waals surface area contributed by atoms with E-state index in [0.717, 1.165) is 18.2 Å². The highest BCUT2D eigenvalue weighted by atomic mass is 35.5. The number of halogens is 1. The second-order valence-electron chi connectivity index (χ2n) is 3.88. The summed E-state index contributed by atoms with van der Waals surface area (Å²) >= 11 is 5.84. The van der Waals surface area contributed by atoms with Crippen molar-refractivity contribution in [2.75, 3.05) is 11.9 Å². The summed E-state index contributed by atoms with van der Waals surface area (Å²) in [5, 5.41) is 3.66. The van der Waals surface area contributed by atoms with Gasteiger partial charge >= 0.3 is 0 Å². The van der Waals surface area contributed by atoms with Gasteiger partial charge in [0.2, 0.25) is 5.91 Å². The zero-order valence-electron chi connectivity index (χ0n) is 8.29. The van der Waals surface area contributed by atoms with Crippen molar-refractivity contribution in [2.24, 2.45) is 11.7 Å². The van der Waals surface area contributed by atoms with E-state index in [2.05, 4.69) is 5.32 Å². The van der Waals surface area contributed by atoms with Crippen LogP contribution in [0.4, 0.5) is 5.69 Å². The maximum Gasteiger partial charge on any atom is 0.250 e. The molecule has 4 heteroatoms. The molecule has 1 saturated carbocycles. The minimum atomic E-state index is -0.491. The van der Waals surface area contributed by atoms with E-state index in [0.29, 0.717) is 10.6 Å². The quantitative estimate of drug-likeness (QED) is 0.824. The highest BCUT2D eigenvalue weighted by Crippen LogP contribution is 2.29. The van der Waals surface area contributed by atoms with E-state index in [1.165, 1.54) is 12.8 Å². The number of hydrogen-bond acceptors (Lipinski definition) is 2. The fourth-order valence-corrected chi connectivity index (χ4v) is 1.62. The Bertz CT molecular complexity index is 388. The van der Waals surface area contributed by atoms with E-state index in [1.54, 1.807) is 12.1 Å². The third kappa shape index (κ3) is 2.63. The molecule has 0 radical (unpaired) electrons. The van der Waals surface area contributed by atoms with Crippen LogP contribution in [0.15, 0.2) is 18.2 Å². The van der Waals surface area contributed by atoms with Gasteiger partial charge in [0.1, 0.15) is 0 Å². The fraction of sp³-hybridized carbons (Fsp3) is 0.364. The number of amides is 1. The molecule has 3 nitrogen and oxygen atoms in total. The van der Waals surface area contributed by atoms with Gasteiger partial charge in [-0.3, -0.25) is 4.79 Å². The normalized spacial score (nSPS) is 15.0. The molecule has 0 atom stereocenters. The van der Waals surface area contributed by atoms with Crippen molar-refractivity contribution in [3.63, 3.8) is 0 Å². The second-order valence-corrected chi connectivity index (χ2v) is 4.29. The van der Waals surface area contributed by atoms with Crippen LogP contribution in [-0.4, -0.2) is 12.5 Å².